The van der Waals surface area contributed by atoms with Crippen LogP contribution < -0.4 is 5.43 Å². The molecule has 0 fully saturated rings. The van der Waals surface area contributed by atoms with E-state index in [4.69, 9.17) is 0 Å². The Kier molecular flexibility index (Phi) is 3.30. The second-order valence-electron chi connectivity index (χ2n) is 3.48. The molecule has 2 rings (SSSR count). The standard InChI is InChI=1S/C12H12N4O/c1-10(17)15-13-7-11-8-14-16(9-11)12-5-3-2-4-6-12/h2-9H,1H3,(H,15,17)/b13-7-. The minimum Gasteiger partial charge on any atom is -0.274 e. The Morgan fingerprint density at radius 3 is 2.88 bits per heavy atom. The molecule has 0 radical (unpaired) electrons. The lowest BCUT2D eigenvalue weighted by Crippen LogP contribution is -2.12. The first-order valence-electron chi connectivity index (χ1n) is 5.15. The predicted molar refractivity (Wildman–Crippen MR) is 65.0 cm³/mol. The molecule has 86 valence electrons. The van der Waals surface area contributed by atoms with Crippen LogP contribution in [-0.2, 0) is 4.79 Å². The quantitative estimate of drug-likeness (QED) is 0.636. The van der Waals surface area contributed by atoms with Crippen molar-refractivity contribution in [3.63, 3.8) is 0 Å². The summed E-state index contributed by atoms with van der Waals surface area (Å²) in [6.45, 7) is 1.41. The van der Waals surface area contributed by atoms with Gasteiger partial charge in [0.05, 0.1) is 18.1 Å². The fourth-order valence-electron chi connectivity index (χ4n) is 1.32. The zero-order valence-corrected chi connectivity index (χ0v) is 9.37. The molecule has 2 aromatic rings. The molecule has 0 unspecified atom stereocenters. The van der Waals surface area contributed by atoms with Crippen molar-refractivity contribution < 1.29 is 4.79 Å². The Hall–Kier alpha value is -2.43. The van der Waals surface area contributed by atoms with Crippen LogP contribution in [0.15, 0.2) is 47.8 Å². The van der Waals surface area contributed by atoms with Crippen molar-refractivity contribution in [2.45, 2.75) is 6.92 Å². The third kappa shape index (κ3) is 3.01. The number of hydrazone groups is 1. The minimum absolute atomic E-state index is 0.197. The largest absolute Gasteiger partial charge is 0.274 e. The van der Waals surface area contributed by atoms with E-state index in [-0.39, 0.29) is 5.91 Å². The number of hydrogen-bond acceptors (Lipinski definition) is 3. The molecule has 0 aliphatic rings. The number of rotatable bonds is 3. The number of carbonyl (C=O) groups is 1. The fourth-order valence-corrected chi connectivity index (χ4v) is 1.32. The number of benzene rings is 1. The van der Waals surface area contributed by atoms with Gasteiger partial charge in [-0.3, -0.25) is 4.79 Å². The third-order valence-corrected chi connectivity index (χ3v) is 2.06. The molecule has 5 nitrogen and oxygen atoms in total. The minimum atomic E-state index is -0.197. The van der Waals surface area contributed by atoms with Crippen molar-refractivity contribution in [3.8, 4) is 5.69 Å². The molecule has 0 saturated carbocycles. The molecular weight excluding hydrogens is 216 g/mol. The second-order valence-corrected chi connectivity index (χ2v) is 3.48. The van der Waals surface area contributed by atoms with Crippen LogP contribution in [0, 0.1) is 0 Å². The van der Waals surface area contributed by atoms with Gasteiger partial charge in [-0.15, -0.1) is 0 Å². The first-order chi connectivity index (χ1) is 8.25. The molecule has 1 amide bonds. The van der Waals surface area contributed by atoms with Crippen molar-refractivity contribution in [2.75, 3.05) is 0 Å². The van der Waals surface area contributed by atoms with Gasteiger partial charge in [0, 0.05) is 18.7 Å². The monoisotopic (exact) mass is 228 g/mol. The molecule has 5 heteroatoms. The van der Waals surface area contributed by atoms with Crippen LogP contribution in [0.2, 0.25) is 0 Å². The van der Waals surface area contributed by atoms with Crippen LogP contribution in [0.5, 0.6) is 0 Å². The van der Waals surface area contributed by atoms with Gasteiger partial charge in [-0.2, -0.15) is 10.2 Å². The summed E-state index contributed by atoms with van der Waals surface area (Å²) in [7, 11) is 0. The average molecular weight is 228 g/mol. The van der Waals surface area contributed by atoms with Crippen LogP contribution >= 0.6 is 0 Å². The lowest BCUT2D eigenvalue weighted by atomic mass is 10.3. The van der Waals surface area contributed by atoms with Gasteiger partial charge >= 0.3 is 0 Å². The summed E-state index contributed by atoms with van der Waals surface area (Å²) >= 11 is 0. The highest BCUT2D eigenvalue weighted by atomic mass is 16.2. The summed E-state index contributed by atoms with van der Waals surface area (Å²) in [6, 6.07) is 9.76. The number of nitrogens with zero attached hydrogens (tertiary/aromatic N) is 3. The van der Waals surface area contributed by atoms with E-state index >= 15 is 0 Å². The Morgan fingerprint density at radius 2 is 2.18 bits per heavy atom. The molecule has 0 aliphatic carbocycles. The van der Waals surface area contributed by atoms with Gasteiger partial charge < -0.3 is 0 Å². The average Bonchev–Trinajstić information content (AvgIpc) is 2.78. The molecule has 1 aromatic carbocycles. The van der Waals surface area contributed by atoms with Crippen molar-refractivity contribution in [2.24, 2.45) is 5.10 Å². The van der Waals surface area contributed by atoms with Gasteiger partial charge in [0.25, 0.3) is 0 Å². The Balaban J connectivity index is 2.11. The Morgan fingerprint density at radius 1 is 1.41 bits per heavy atom. The van der Waals surface area contributed by atoms with Crippen molar-refractivity contribution in [3.05, 3.63) is 48.3 Å². The highest BCUT2D eigenvalue weighted by molar-refractivity contribution is 5.81. The SMILES string of the molecule is CC(=O)N/N=C\c1cnn(-c2ccccc2)c1. The van der Waals surface area contributed by atoms with E-state index in [1.807, 2.05) is 36.5 Å². The summed E-state index contributed by atoms with van der Waals surface area (Å²) in [5, 5.41) is 7.97. The van der Waals surface area contributed by atoms with E-state index in [0.29, 0.717) is 0 Å². The van der Waals surface area contributed by atoms with Crippen LogP contribution in [0.4, 0.5) is 0 Å². The van der Waals surface area contributed by atoms with Gasteiger partial charge in [0.2, 0.25) is 5.91 Å². The highest BCUT2D eigenvalue weighted by Crippen LogP contribution is 2.06. The van der Waals surface area contributed by atoms with Gasteiger partial charge in [-0.25, -0.2) is 10.1 Å². The number of para-hydroxylation sites is 1. The lowest BCUT2D eigenvalue weighted by molar-refractivity contribution is -0.118. The highest BCUT2D eigenvalue weighted by Gasteiger charge is 1.97. The van der Waals surface area contributed by atoms with Crippen LogP contribution in [0.1, 0.15) is 12.5 Å². The predicted octanol–water partition coefficient (Wildman–Crippen LogP) is 1.34. The topological polar surface area (TPSA) is 59.3 Å². The molecule has 0 spiro atoms. The molecule has 17 heavy (non-hydrogen) atoms. The maximum atomic E-state index is 10.6. The first-order valence-corrected chi connectivity index (χ1v) is 5.15. The number of carbonyl (C=O) groups excluding carboxylic acids is 1. The number of aromatic nitrogens is 2. The van der Waals surface area contributed by atoms with E-state index in [9.17, 15) is 4.79 Å². The number of amides is 1. The summed E-state index contributed by atoms with van der Waals surface area (Å²) in [5.74, 6) is -0.197. The maximum absolute atomic E-state index is 10.6. The molecule has 1 heterocycles. The maximum Gasteiger partial charge on any atom is 0.236 e. The van der Waals surface area contributed by atoms with Crippen molar-refractivity contribution in [1.29, 1.82) is 0 Å². The van der Waals surface area contributed by atoms with E-state index < -0.39 is 0 Å². The Bertz CT molecular complexity index is 530. The number of hydrogen-bond donors (Lipinski definition) is 1. The summed E-state index contributed by atoms with van der Waals surface area (Å²) in [5.41, 5.74) is 4.14. The molecule has 0 aliphatic heterocycles. The van der Waals surface area contributed by atoms with Crippen LogP contribution in [0.25, 0.3) is 5.69 Å². The van der Waals surface area contributed by atoms with E-state index in [0.717, 1.165) is 11.3 Å². The molecule has 0 saturated heterocycles. The first kappa shape index (κ1) is 11.1. The molecule has 0 bridgehead atoms. The fraction of sp³-hybridized carbons (Fsp3) is 0.0833. The summed E-state index contributed by atoms with van der Waals surface area (Å²) < 4.78 is 1.75. The van der Waals surface area contributed by atoms with Gasteiger partial charge in [-0.1, -0.05) is 18.2 Å². The van der Waals surface area contributed by atoms with Gasteiger partial charge in [0.15, 0.2) is 0 Å². The molecular formula is C12H12N4O. The molecule has 0 atom stereocenters. The lowest BCUT2D eigenvalue weighted by Gasteiger charge is -1.98. The smallest absolute Gasteiger partial charge is 0.236 e. The van der Waals surface area contributed by atoms with Crippen molar-refractivity contribution in [1.82, 2.24) is 15.2 Å². The van der Waals surface area contributed by atoms with E-state index in [2.05, 4.69) is 15.6 Å². The van der Waals surface area contributed by atoms with Crippen LogP contribution in [-0.4, -0.2) is 21.9 Å². The van der Waals surface area contributed by atoms with Gasteiger partial charge in [0.1, 0.15) is 0 Å². The van der Waals surface area contributed by atoms with E-state index in [1.54, 1.807) is 17.1 Å². The van der Waals surface area contributed by atoms with E-state index in [1.165, 1.54) is 6.92 Å². The van der Waals surface area contributed by atoms with Gasteiger partial charge in [-0.05, 0) is 12.1 Å². The normalized spacial score (nSPS) is 10.6. The second kappa shape index (κ2) is 5.07. The molecule has 1 aromatic heterocycles. The summed E-state index contributed by atoms with van der Waals surface area (Å²) in [4.78, 5) is 10.6. The Labute approximate surface area is 98.8 Å². The van der Waals surface area contributed by atoms with Crippen LogP contribution in [0.3, 0.4) is 0 Å². The molecule has 1 N–H and O–H groups in total. The van der Waals surface area contributed by atoms with Crippen molar-refractivity contribution >= 4 is 12.1 Å². The zero-order chi connectivity index (χ0) is 12.1. The zero-order valence-electron chi connectivity index (χ0n) is 9.37. The third-order valence-electron chi connectivity index (χ3n) is 2.06. The number of nitrogens with one attached hydrogen (secondary N) is 1. The summed E-state index contributed by atoms with van der Waals surface area (Å²) in [6.07, 6.45) is 5.06.